The topological polar surface area (TPSA) is 29.5 Å². The number of anilines is 2. The van der Waals surface area contributed by atoms with Crippen molar-refractivity contribution in [2.75, 3.05) is 18.6 Å². The number of rotatable bonds is 9. The third kappa shape index (κ3) is 5.17. The predicted octanol–water partition coefficient (Wildman–Crippen LogP) is 6.80. The lowest BCUT2D eigenvalue weighted by Crippen LogP contribution is -2.22. The quantitative estimate of drug-likeness (QED) is 0.434. The minimum atomic E-state index is -0.663. The van der Waals surface area contributed by atoms with Crippen LogP contribution in [-0.4, -0.2) is 19.6 Å². The van der Waals surface area contributed by atoms with Gasteiger partial charge in [-0.3, -0.25) is 0 Å². The standard InChI is InChI=1S/C25H34FNO2/c1-7-10-15-25(4,5)22-16-19(12-11-18(22)8-2)27(9-3)20-13-14-21(23(26)17-20)24(28)29-6/h11-14,16-17H,7-10,15H2,1-6H3. The summed E-state index contributed by atoms with van der Waals surface area (Å²) in [5.41, 5.74) is 4.51. The van der Waals surface area contributed by atoms with Crippen molar-refractivity contribution in [2.45, 2.75) is 65.7 Å². The third-order valence-corrected chi connectivity index (χ3v) is 5.66. The number of unbranched alkanes of at least 4 members (excludes halogenated alkanes) is 1. The largest absolute Gasteiger partial charge is 0.465 e. The Labute approximate surface area is 174 Å². The fourth-order valence-corrected chi connectivity index (χ4v) is 3.89. The number of hydrogen-bond acceptors (Lipinski definition) is 3. The SMILES string of the molecule is CCCCC(C)(C)c1cc(N(CC)c2ccc(C(=O)OC)c(F)c2)ccc1CC. The summed E-state index contributed by atoms with van der Waals surface area (Å²) in [7, 11) is 1.26. The number of halogens is 1. The number of carbonyl (C=O) groups is 1. The highest BCUT2D eigenvalue weighted by Crippen LogP contribution is 2.36. The van der Waals surface area contributed by atoms with Crippen LogP contribution in [0.2, 0.25) is 0 Å². The lowest BCUT2D eigenvalue weighted by Gasteiger charge is -2.31. The van der Waals surface area contributed by atoms with E-state index in [1.807, 2.05) is 6.92 Å². The number of carbonyl (C=O) groups excluding carboxylic acids is 1. The summed E-state index contributed by atoms with van der Waals surface area (Å²) < 4.78 is 19.1. The van der Waals surface area contributed by atoms with E-state index >= 15 is 0 Å². The normalized spacial score (nSPS) is 11.4. The number of esters is 1. The molecule has 0 amide bonds. The fourth-order valence-electron chi connectivity index (χ4n) is 3.89. The molecular weight excluding hydrogens is 365 g/mol. The number of nitrogens with zero attached hydrogens (tertiary/aromatic N) is 1. The molecule has 0 heterocycles. The lowest BCUT2D eigenvalue weighted by atomic mass is 9.77. The van der Waals surface area contributed by atoms with Gasteiger partial charge in [-0.15, -0.1) is 0 Å². The molecule has 0 aromatic heterocycles. The smallest absolute Gasteiger partial charge is 0.340 e. The maximum Gasteiger partial charge on any atom is 0.340 e. The van der Waals surface area contributed by atoms with Gasteiger partial charge in [-0.25, -0.2) is 9.18 Å². The van der Waals surface area contributed by atoms with Crippen molar-refractivity contribution < 1.29 is 13.9 Å². The van der Waals surface area contributed by atoms with E-state index in [1.165, 1.54) is 43.2 Å². The molecule has 0 saturated heterocycles. The zero-order chi connectivity index (χ0) is 21.6. The van der Waals surface area contributed by atoms with Gasteiger partial charge >= 0.3 is 5.97 Å². The number of methoxy groups -OCH3 is 1. The summed E-state index contributed by atoms with van der Waals surface area (Å²) in [6, 6.07) is 11.2. The number of hydrogen-bond donors (Lipinski definition) is 0. The van der Waals surface area contributed by atoms with E-state index < -0.39 is 11.8 Å². The van der Waals surface area contributed by atoms with E-state index in [1.54, 1.807) is 6.07 Å². The van der Waals surface area contributed by atoms with Gasteiger partial charge in [0.2, 0.25) is 0 Å². The molecule has 0 unspecified atom stereocenters. The first-order valence-corrected chi connectivity index (χ1v) is 10.6. The van der Waals surface area contributed by atoms with Gasteiger partial charge < -0.3 is 9.64 Å². The molecule has 0 fully saturated rings. The molecule has 0 atom stereocenters. The van der Waals surface area contributed by atoms with Gasteiger partial charge in [0.1, 0.15) is 5.82 Å². The monoisotopic (exact) mass is 399 g/mol. The van der Waals surface area contributed by atoms with Crippen LogP contribution >= 0.6 is 0 Å². The lowest BCUT2D eigenvalue weighted by molar-refractivity contribution is 0.0595. The molecule has 0 saturated carbocycles. The minimum absolute atomic E-state index is 0.0463. The molecule has 2 aromatic rings. The van der Waals surface area contributed by atoms with Crippen molar-refractivity contribution in [3.05, 3.63) is 58.9 Å². The second-order valence-corrected chi connectivity index (χ2v) is 8.08. The predicted molar refractivity (Wildman–Crippen MR) is 119 cm³/mol. The highest BCUT2D eigenvalue weighted by molar-refractivity contribution is 5.90. The van der Waals surface area contributed by atoms with Gasteiger partial charge in [0.15, 0.2) is 0 Å². The van der Waals surface area contributed by atoms with E-state index in [2.05, 4.69) is 55.5 Å². The van der Waals surface area contributed by atoms with Gasteiger partial charge in [0.05, 0.1) is 12.7 Å². The van der Waals surface area contributed by atoms with Gasteiger partial charge in [0, 0.05) is 17.9 Å². The molecule has 0 aliphatic heterocycles. The Morgan fingerprint density at radius 2 is 1.72 bits per heavy atom. The van der Waals surface area contributed by atoms with Crippen LogP contribution in [0.1, 0.15) is 75.4 Å². The van der Waals surface area contributed by atoms with Crippen molar-refractivity contribution >= 4 is 17.3 Å². The summed E-state index contributed by atoms with van der Waals surface area (Å²) in [6.07, 6.45) is 4.49. The average molecular weight is 400 g/mol. The Balaban J connectivity index is 2.47. The van der Waals surface area contributed by atoms with Crippen LogP contribution in [0.5, 0.6) is 0 Å². The summed E-state index contributed by atoms with van der Waals surface area (Å²) in [5, 5.41) is 0. The molecule has 0 N–H and O–H groups in total. The molecule has 3 nitrogen and oxygen atoms in total. The Kier molecular flexibility index (Phi) is 7.83. The van der Waals surface area contributed by atoms with Crippen LogP contribution in [0.15, 0.2) is 36.4 Å². The van der Waals surface area contributed by atoms with Crippen LogP contribution in [-0.2, 0) is 16.6 Å². The summed E-state index contributed by atoms with van der Waals surface area (Å²) >= 11 is 0. The van der Waals surface area contributed by atoms with Gasteiger partial charge in [-0.1, -0.05) is 46.6 Å². The Morgan fingerprint density at radius 1 is 1.07 bits per heavy atom. The average Bonchev–Trinajstić information content (AvgIpc) is 2.72. The molecule has 29 heavy (non-hydrogen) atoms. The number of aryl methyl sites for hydroxylation is 1. The molecular formula is C25H34FNO2. The van der Waals surface area contributed by atoms with E-state index in [0.29, 0.717) is 6.54 Å². The second-order valence-electron chi connectivity index (χ2n) is 8.08. The van der Waals surface area contributed by atoms with E-state index in [4.69, 9.17) is 0 Å². The maximum absolute atomic E-state index is 14.5. The number of ether oxygens (including phenoxy) is 1. The molecule has 2 aromatic carbocycles. The summed E-state index contributed by atoms with van der Waals surface area (Å²) in [5.74, 6) is -1.23. The van der Waals surface area contributed by atoms with Crippen LogP contribution in [0, 0.1) is 5.82 Å². The zero-order valence-electron chi connectivity index (χ0n) is 18.6. The van der Waals surface area contributed by atoms with Crippen molar-refractivity contribution in [1.82, 2.24) is 0 Å². The van der Waals surface area contributed by atoms with E-state index in [0.717, 1.165) is 24.2 Å². The molecule has 0 spiro atoms. The van der Waals surface area contributed by atoms with Crippen molar-refractivity contribution in [3.8, 4) is 0 Å². The van der Waals surface area contributed by atoms with Crippen LogP contribution in [0.25, 0.3) is 0 Å². The molecule has 4 heteroatoms. The third-order valence-electron chi connectivity index (χ3n) is 5.66. The molecule has 0 aliphatic rings. The van der Waals surface area contributed by atoms with Crippen molar-refractivity contribution in [1.29, 1.82) is 0 Å². The molecule has 0 aliphatic carbocycles. The summed E-state index contributed by atoms with van der Waals surface area (Å²) in [6.45, 7) is 11.8. The van der Waals surface area contributed by atoms with Crippen LogP contribution < -0.4 is 4.90 Å². The highest BCUT2D eigenvalue weighted by atomic mass is 19.1. The maximum atomic E-state index is 14.5. The Morgan fingerprint density at radius 3 is 2.28 bits per heavy atom. The molecule has 0 bridgehead atoms. The van der Waals surface area contributed by atoms with Crippen LogP contribution in [0.3, 0.4) is 0 Å². The van der Waals surface area contributed by atoms with Crippen molar-refractivity contribution in [3.63, 3.8) is 0 Å². The van der Waals surface area contributed by atoms with Gasteiger partial charge in [-0.05, 0) is 66.6 Å². The molecule has 158 valence electrons. The fraction of sp³-hybridized carbons (Fsp3) is 0.480. The van der Waals surface area contributed by atoms with Gasteiger partial charge in [-0.2, -0.15) is 0 Å². The van der Waals surface area contributed by atoms with E-state index in [9.17, 15) is 9.18 Å². The first-order valence-electron chi connectivity index (χ1n) is 10.6. The number of benzene rings is 2. The van der Waals surface area contributed by atoms with E-state index in [-0.39, 0.29) is 11.0 Å². The first-order chi connectivity index (χ1) is 13.8. The highest BCUT2D eigenvalue weighted by Gasteiger charge is 2.24. The van der Waals surface area contributed by atoms with Crippen LogP contribution in [0.4, 0.5) is 15.8 Å². The summed E-state index contributed by atoms with van der Waals surface area (Å²) in [4.78, 5) is 13.8. The Bertz CT molecular complexity index is 845. The van der Waals surface area contributed by atoms with Gasteiger partial charge in [0.25, 0.3) is 0 Å². The second kappa shape index (κ2) is 9.91. The first kappa shape index (κ1) is 22.9. The minimum Gasteiger partial charge on any atom is -0.465 e. The van der Waals surface area contributed by atoms with Crippen molar-refractivity contribution in [2.24, 2.45) is 0 Å². The zero-order valence-corrected chi connectivity index (χ0v) is 18.6. The molecule has 2 rings (SSSR count). The Hall–Kier alpha value is -2.36. The molecule has 0 radical (unpaired) electrons.